The van der Waals surface area contributed by atoms with Crippen LogP contribution in [0.3, 0.4) is 0 Å². The Morgan fingerprint density at radius 2 is 2.09 bits per heavy atom. The van der Waals surface area contributed by atoms with E-state index in [1.165, 1.54) is 38.9 Å². The second kappa shape index (κ2) is 8.81. The van der Waals surface area contributed by atoms with E-state index in [4.69, 9.17) is 4.74 Å². The number of rotatable bonds is 4. The number of likely N-dealkylation sites (N-methyl/N-ethyl adjacent to an activating group) is 2. The van der Waals surface area contributed by atoms with Gasteiger partial charge in [-0.1, -0.05) is 6.42 Å². The van der Waals surface area contributed by atoms with E-state index in [1.54, 1.807) is 0 Å². The maximum absolute atomic E-state index is 5.66. The zero-order valence-electron chi connectivity index (χ0n) is 14.1. The molecule has 4 atom stereocenters. The molecule has 0 spiro atoms. The van der Waals surface area contributed by atoms with Crippen LogP contribution in [0.5, 0.6) is 0 Å². The Morgan fingerprint density at radius 1 is 1.23 bits per heavy atom. The Bertz CT molecular complexity index is 327. The molecule has 2 aliphatic heterocycles. The van der Waals surface area contributed by atoms with Crippen molar-refractivity contribution >= 4 is 12.4 Å². The lowest BCUT2D eigenvalue weighted by Crippen LogP contribution is -2.56. The lowest BCUT2D eigenvalue weighted by Gasteiger charge is -2.39. The van der Waals surface area contributed by atoms with Crippen LogP contribution in [0.25, 0.3) is 0 Å². The first-order chi connectivity index (χ1) is 10.2. The first kappa shape index (κ1) is 18.4. The number of halogens is 1. The van der Waals surface area contributed by atoms with Gasteiger partial charge in [-0.05, 0) is 32.9 Å². The molecular weight excluding hydrogens is 300 g/mol. The lowest BCUT2D eigenvalue weighted by molar-refractivity contribution is 0.0509. The first-order valence-corrected chi connectivity index (χ1v) is 8.67. The van der Waals surface area contributed by atoms with E-state index >= 15 is 0 Å². The summed E-state index contributed by atoms with van der Waals surface area (Å²) < 4.78 is 5.66. The van der Waals surface area contributed by atoms with E-state index in [2.05, 4.69) is 34.5 Å². The molecule has 0 bridgehead atoms. The van der Waals surface area contributed by atoms with Gasteiger partial charge in [-0.2, -0.15) is 0 Å². The van der Waals surface area contributed by atoms with Crippen LogP contribution in [-0.2, 0) is 4.74 Å². The fourth-order valence-corrected chi connectivity index (χ4v) is 4.19. The maximum Gasteiger partial charge on any atom is 0.0623 e. The number of piperazine rings is 1. The van der Waals surface area contributed by atoms with Crippen molar-refractivity contribution in [3.63, 3.8) is 0 Å². The average molecular weight is 333 g/mol. The second-order valence-corrected chi connectivity index (χ2v) is 7.14. The van der Waals surface area contributed by atoms with E-state index in [1.807, 2.05) is 0 Å². The predicted molar refractivity (Wildman–Crippen MR) is 92.9 cm³/mol. The maximum atomic E-state index is 5.66. The number of morpholine rings is 1. The van der Waals surface area contributed by atoms with Crippen molar-refractivity contribution < 1.29 is 4.74 Å². The molecule has 3 rings (SSSR count). The summed E-state index contributed by atoms with van der Waals surface area (Å²) >= 11 is 0. The summed E-state index contributed by atoms with van der Waals surface area (Å²) in [6.07, 6.45) is 4.04. The van der Waals surface area contributed by atoms with E-state index in [9.17, 15) is 0 Å². The van der Waals surface area contributed by atoms with Crippen molar-refractivity contribution in [3.8, 4) is 0 Å². The second-order valence-electron chi connectivity index (χ2n) is 7.14. The molecule has 0 aromatic rings. The van der Waals surface area contributed by atoms with Crippen molar-refractivity contribution in [1.29, 1.82) is 0 Å². The SMILES string of the molecule is CN1CCN(C)C(CNC2CCCC2C2COCCN2)C1.Cl. The van der Waals surface area contributed by atoms with Crippen LogP contribution in [0.2, 0.25) is 0 Å². The Hall–Kier alpha value is 0.0900. The highest BCUT2D eigenvalue weighted by atomic mass is 35.5. The molecule has 0 radical (unpaired) electrons. The molecule has 3 aliphatic rings. The van der Waals surface area contributed by atoms with Crippen molar-refractivity contribution in [2.24, 2.45) is 5.92 Å². The normalized spacial score (nSPS) is 37.9. The van der Waals surface area contributed by atoms with Gasteiger partial charge in [0.05, 0.1) is 13.2 Å². The summed E-state index contributed by atoms with van der Waals surface area (Å²) in [5, 5.41) is 7.55. The third kappa shape index (κ3) is 4.56. The molecule has 0 aromatic heterocycles. The van der Waals surface area contributed by atoms with E-state index in [0.717, 1.165) is 32.2 Å². The highest BCUT2D eigenvalue weighted by Gasteiger charge is 2.35. The van der Waals surface area contributed by atoms with Crippen LogP contribution in [0.1, 0.15) is 19.3 Å². The van der Waals surface area contributed by atoms with E-state index in [-0.39, 0.29) is 12.4 Å². The zero-order chi connectivity index (χ0) is 14.7. The zero-order valence-corrected chi connectivity index (χ0v) is 14.9. The monoisotopic (exact) mass is 332 g/mol. The smallest absolute Gasteiger partial charge is 0.0623 e. The molecule has 2 heterocycles. The molecule has 3 fully saturated rings. The van der Waals surface area contributed by atoms with Gasteiger partial charge in [-0.15, -0.1) is 12.4 Å². The Balaban J connectivity index is 0.00000176. The third-order valence-electron chi connectivity index (χ3n) is 5.63. The molecule has 1 saturated carbocycles. The van der Waals surface area contributed by atoms with Crippen LogP contribution in [0, 0.1) is 5.92 Å². The molecule has 4 unspecified atom stereocenters. The fraction of sp³-hybridized carbons (Fsp3) is 1.00. The minimum atomic E-state index is 0. The minimum absolute atomic E-state index is 0. The molecule has 2 N–H and O–H groups in total. The third-order valence-corrected chi connectivity index (χ3v) is 5.63. The first-order valence-electron chi connectivity index (χ1n) is 8.67. The molecule has 130 valence electrons. The molecule has 0 aromatic carbocycles. The Labute approximate surface area is 141 Å². The van der Waals surface area contributed by atoms with Gasteiger partial charge in [0.2, 0.25) is 0 Å². The molecule has 1 aliphatic carbocycles. The number of hydrogen-bond acceptors (Lipinski definition) is 5. The van der Waals surface area contributed by atoms with Crippen LogP contribution in [0.4, 0.5) is 0 Å². The largest absolute Gasteiger partial charge is 0.379 e. The summed E-state index contributed by atoms with van der Waals surface area (Å²) in [6.45, 7) is 7.48. The Kier molecular flexibility index (Phi) is 7.38. The van der Waals surface area contributed by atoms with Gasteiger partial charge in [0.15, 0.2) is 0 Å². The molecule has 5 nitrogen and oxygen atoms in total. The number of ether oxygens (including phenoxy) is 1. The van der Waals surface area contributed by atoms with Crippen molar-refractivity contribution in [2.75, 3.05) is 60.0 Å². The summed E-state index contributed by atoms with van der Waals surface area (Å²) in [7, 11) is 4.50. The van der Waals surface area contributed by atoms with Gasteiger partial charge in [-0.3, -0.25) is 4.90 Å². The number of hydrogen-bond donors (Lipinski definition) is 2. The molecule has 0 amide bonds. The summed E-state index contributed by atoms with van der Waals surface area (Å²) in [5.41, 5.74) is 0. The standard InChI is InChI=1S/C16H32N4O.ClH/c1-19-7-8-20(2)13(11-19)10-18-15-5-3-4-14(15)16-12-21-9-6-17-16;/h13-18H,3-12H2,1-2H3;1H. The van der Waals surface area contributed by atoms with Crippen molar-refractivity contribution in [1.82, 2.24) is 20.4 Å². The van der Waals surface area contributed by atoms with Gasteiger partial charge in [0.1, 0.15) is 0 Å². The van der Waals surface area contributed by atoms with Crippen LogP contribution >= 0.6 is 12.4 Å². The van der Waals surface area contributed by atoms with Crippen molar-refractivity contribution in [3.05, 3.63) is 0 Å². The molecule has 22 heavy (non-hydrogen) atoms. The van der Waals surface area contributed by atoms with Crippen LogP contribution in [0.15, 0.2) is 0 Å². The highest BCUT2D eigenvalue weighted by molar-refractivity contribution is 5.85. The van der Waals surface area contributed by atoms with Gasteiger partial charge >= 0.3 is 0 Å². The van der Waals surface area contributed by atoms with Gasteiger partial charge < -0.3 is 20.3 Å². The van der Waals surface area contributed by atoms with Gasteiger partial charge in [0.25, 0.3) is 0 Å². The van der Waals surface area contributed by atoms with Crippen LogP contribution < -0.4 is 10.6 Å². The molecular formula is C16H33ClN4O. The van der Waals surface area contributed by atoms with Gasteiger partial charge in [-0.25, -0.2) is 0 Å². The minimum Gasteiger partial charge on any atom is -0.379 e. The molecule has 2 saturated heterocycles. The Morgan fingerprint density at radius 3 is 2.86 bits per heavy atom. The lowest BCUT2D eigenvalue weighted by atomic mass is 9.93. The van der Waals surface area contributed by atoms with E-state index < -0.39 is 0 Å². The van der Waals surface area contributed by atoms with E-state index in [0.29, 0.717) is 18.1 Å². The topological polar surface area (TPSA) is 39.8 Å². The summed E-state index contributed by atoms with van der Waals surface area (Å²) in [6, 6.07) is 1.89. The fourth-order valence-electron chi connectivity index (χ4n) is 4.19. The molecule has 6 heteroatoms. The predicted octanol–water partition coefficient (Wildman–Crippen LogP) is 0.401. The van der Waals surface area contributed by atoms with Crippen LogP contribution in [-0.4, -0.2) is 88.0 Å². The average Bonchev–Trinajstić information content (AvgIpc) is 2.97. The highest BCUT2D eigenvalue weighted by Crippen LogP contribution is 2.29. The summed E-state index contributed by atoms with van der Waals surface area (Å²) in [4.78, 5) is 4.97. The van der Waals surface area contributed by atoms with Gasteiger partial charge in [0, 0.05) is 50.8 Å². The quantitative estimate of drug-likeness (QED) is 0.780. The number of nitrogens with zero attached hydrogens (tertiary/aromatic N) is 2. The summed E-state index contributed by atoms with van der Waals surface area (Å²) in [5.74, 6) is 0.747. The van der Waals surface area contributed by atoms with Crippen molar-refractivity contribution in [2.45, 2.75) is 37.4 Å². The number of nitrogens with one attached hydrogen (secondary N) is 2.